The topological polar surface area (TPSA) is 81.9 Å². The zero-order valence-electron chi connectivity index (χ0n) is 13.4. The summed E-state index contributed by atoms with van der Waals surface area (Å²) in [5.41, 5.74) is 1.40. The van der Waals surface area contributed by atoms with Gasteiger partial charge in [-0.3, -0.25) is 14.9 Å². The molecule has 1 heterocycles. The van der Waals surface area contributed by atoms with Crippen LogP contribution in [-0.2, 0) is 6.54 Å². The first-order valence-electron chi connectivity index (χ1n) is 8.06. The highest BCUT2D eigenvalue weighted by Crippen LogP contribution is 2.35. The maximum absolute atomic E-state index is 12.8. The number of ether oxygens (including phenoxy) is 2. The van der Waals surface area contributed by atoms with Crippen molar-refractivity contribution in [2.24, 2.45) is 0 Å². The Balaban J connectivity index is 1.54. The highest BCUT2D eigenvalue weighted by Gasteiger charge is 2.33. The third-order valence-corrected chi connectivity index (χ3v) is 4.36. The second kappa shape index (κ2) is 6.08. The van der Waals surface area contributed by atoms with Crippen LogP contribution in [0.15, 0.2) is 42.5 Å². The molecule has 1 fully saturated rings. The van der Waals surface area contributed by atoms with Gasteiger partial charge in [-0.2, -0.15) is 0 Å². The predicted molar refractivity (Wildman–Crippen MR) is 88.6 cm³/mol. The number of amides is 1. The van der Waals surface area contributed by atoms with Gasteiger partial charge in [-0.15, -0.1) is 0 Å². The Bertz CT molecular complexity index is 830. The van der Waals surface area contributed by atoms with Gasteiger partial charge in [-0.25, -0.2) is 0 Å². The highest BCUT2D eigenvalue weighted by molar-refractivity contribution is 5.94. The quantitative estimate of drug-likeness (QED) is 0.617. The van der Waals surface area contributed by atoms with Crippen LogP contribution < -0.4 is 9.47 Å². The standard InChI is InChI=1S/C18H16N2O5/c21-18(13-2-4-15(5-3-13)20(22)23)19(14-6-7-14)10-12-1-8-16-17(9-12)25-11-24-16/h1-5,8-9,14H,6-7,10-11H2. The SMILES string of the molecule is O=C(c1ccc([N+](=O)[O-])cc1)N(Cc1ccc2c(c1)OCO2)C1CC1. The van der Waals surface area contributed by atoms with Gasteiger partial charge in [0.05, 0.1) is 4.92 Å². The van der Waals surface area contributed by atoms with Crippen LogP contribution in [0.4, 0.5) is 5.69 Å². The first kappa shape index (κ1) is 15.4. The minimum Gasteiger partial charge on any atom is -0.454 e. The van der Waals surface area contributed by atoms with Crippen LogP contribution in [0.3, 0.4) is 0 Å². The zero-order valence-corrected chi connectivity index (χ0v) is 13.4. The second-order valence-electron chi connectivity index (χ2n) is 6.16. The monoisotopic (exact) mass is 340 g/mol. The van der Waals surface area contributed by atoms with Crippen molar-refractivity contribution >= 4 is 11.6 Å². The van der Waals surface area contributed by atoms with Gasteiger partial charge in [0.2, 0.25) is 6.79 Å². The molecule has 7 nitrogen and oxygen atoms in total. The van der Waals surface area contributed by atoms with Gasteiger partial charge < -0.3 is 14.4 Å². The number of nitro groups is 1. The van der Waals surface area contributed by atoms with E-state index in [0.717, 1.165) is 18.4 Å². The average molecular weight is 340 g/mol. The Kier molecular flexibility index (Phi) is 3.76. The van der Waals surface area contributed by atoms with Gasteiger partial charge in [-0.1, -0.05) is 6.07 Å². The van der Waals surface area contributed by atoms with Gasteiger partial charge >= 0.3 is 0 Å². The molecule has 25 heavy (non-hydrogen) atoms. The summed E-state index contributed by atoms with van der Waals surface area (Å²) in [4.78, 5) is 24.9. The van der Waals surface area contributed by atoms with Gasteiger partial charge in [-0.05, 0) is 42.7 Å². The number of carbonyl (C=O) groups excluding carboxylic acids is 1. The van der Waals surface area contributed by atoms with E-state index in [4.69, 9.17) is 9.47 Å². The Hall–Kier alpha value is -3.09. The lowest BCUT2D eigenvalue weighted by molar-refractivity contribution is -0.384. The summed E-state index contributed by atoms with van der Waals surface area (Å²) in [6.45, 7) is 0.685. The van der Waals surface area contributed by atoms with Crippen LogP contribution in [0, 0.1) is 10.1 Å². The van der Waals surface area contributed by atoms with E-state index >= 15 is 0 Å². The van der Waals surface area contributed by atoms with Crippen molar-refractivity contribution in [3.63, 3.8) is 0 Å². The van der Waals surface area contributed by atoms with Crippen molar-refractivity contribution in [1.82, 2.24) is 4.90 Å². The third-order valence-electron chi connectivity index (χ3n) is 4.36. The van der Waals surface area contributed by atoms with Crippen molar-refractivity contribution in [2.75, 3.05) is 6.79 Å². The van der Waals surface area contributed by atoms with Crippen molar-refractivity contribution in [3.05, 3.63) is 63.7 Å². The average Bonchev–Trinajstić information content (AvgIpc) is 3.36. The third kappa shape index (κ3) is 3.13. The number of fused-ring (bicyclic) bond motifs is 1. The fourth-order valence-electron chi connectivity index (χ4n) is 2.88. The number of rotatable bonds is 5. The molecule has 128 valence electrons. The zero-order chi connectivity index (χ0) is 17.4. The molecule has 0 atom stereocenters. The van der Waals surface area contributed by atoms with E-state index < -0.39 is 4.92 Å². The van der Waals surface area contributed by atoms with Crippen LogP contribution in [0.25, 0.3) is 0 Å². The number of nitrogens with zero attached hydrogens (tertiary/aromatic N) is 2. The smallest absolute Gasteiger partial charge is 0.269 e. The maximum atomic E-state index is 12.8. The van der Waals surface area contributed by atoms with E-state index in [1.807, 2.05) is 23.1 Å². The fourth-order valence-corrected chi connectivity index (χ4v) is 2.88. The minimum absolute atomic E-state index is 0.0229. The Morgan fingerprint density at radius 1 is 1.12 bits per heavy atom. The molecule has 0 spiro atoms. The first-order chi connectivity index (χ1) is 12.1. The summed E-state index contributed by atoms with van der Waals surface area (Å²) in [6, 6.07) is 11.6. The molecule has 4 rings (SSSR count). The maximum Gasteiger partial charge on any atom is 0.269 e. The molecule has 0 aromatic heterocycles. The van der Waals surface area contributed by atoms with Crippen molar-refractivity contribution in [3.8, 4) is 11.5 Å². The lowest BCUT2D eigenvalue weighted by atomic mass is 10.1. The van der Waals surface area contributed by atoms with E-state index in [1.165, 1.54) is 24.3 Å². The summed E-state index contributed by atoms with van der Waals surface area (Å²) < 4.78 is 10.7. The van der Waals surface area contributed by atoms with E-state index in [1.54, 1.807) is 0 Å². The number of hydrogen-bond acceptors (Lipinski definition) is 5. The molecule has 0 N–H and O–H groups in total. The molecule has 2 aromatic carbocycles. The van der Waals surface area contributed by atoms with Crippen LogP contribution in [0.2, 0.25) is 0 Å². The summed E-state index contributed by atoms with van der Waals surface area (Å²) in [6.07, 6.45) is 1.95. The molecule has 0 saturated heterocycles. The van der Waals surface area contributed by atoms with Crippen LogP contribution in [-0.4, -0.2) is 28.6 Å². The summed E-state index contributed by atoms with van der Waals surface area (Å²) in [5.74, 6) is 1.29. The van der Waals surface area contributed by atoms with E-state index in [-0.39, 0.29) is 24.4 Å². The molecule has 7 heteroatoms. The van der Waals surface area contributed by atoms with Gasteiger partial charge in [0.25, 0.3) is 11.6 Å². The summed E-state index contributed by atoms with van der Waals surface area (Å²) in [7, 11) is 0. The molecule has 1 aliphatic carbocycles. The Morgan fingerprint density at radius 2 is 1.84 bits per heavy atom. The number of carbonyl (C=O) groups is 1. The number of nitro benzene ring substituents is 1. The molecule has 1 aliphatic heterocycles. The van der Waals surface area contributed by atoms with Crippen LogP contribution >= 0.6 is 0 Å². The predicted octanol–water partition coefficient (Wildman–Crippen LogP) is 3.13. The van der Waals surface area contributed by atoms with Crippen molar-refractivity contribution in [2.45, 2.75) is 25.4 Å². The molecule has 0 radical (unpaired) electrons. The minimum atomic E-state index is -0.473. The molecule has 1 amide bonds. The second-order valence-corrected chi connectivity index (χ2v) is 6.16. The number of hydrogen-bond donors (Lipinski definition) is 0. The first-order valence-corrected chi connectivity index (χ1v) is 8.06. The molecule has 0 bridgehead atoms. The Labute approximate surface area is 143 Å². The fraction of sp³-hybridized carbons (Fsp3) is 0.278. The van der Waals surface area contributed by atoms with Crippen LogP contribution in [0.5, 0.6) is 11.5 Å². The highest BCUT2D eigenvalue weighted by atomic mass is 16.7. The lowest BCUT2D eigenvalue weighted by Gasteiger charge is -2.23. The van der Waals surface area contributed by atoms with E-state index in [2.05, 4.69) is 0 Å². The lowest BCUT2D eigenvalue weighted by Crippen LogP contribution is -2.32. The van der Waals surface area contributed by atoms with Gasteiger partial charge in [0, 0.05) is 30.3 Å². The van der Waals surface area contributed by atoms with Crippen LogP contribution in [0.1, 0.15) is 28.8 Å². The van der Waals surface area contributed by atoms with Crippen molar-refractivity contribution in [1.29, 1.82) is 0 Å². The molecular formula is C18H16N2O5. The number of benzene rings is 2. The molecule has 2 aliphatic rings. The Morgan fingerprint density at radius 3 is 2.52 bits per heavy atom. The summed E-state index contributed by atoms with van der Waals surface area (Å²) >= 11 is 0. The molecule has 0 unspecified atom stereocenters. The normalized spacial score (nSPS) is 15.0. The summed E-state index contributed by atoms with van der Waals surface area (Å²) in [5, 5.41) is 10.8. The molecular weight excluding hydrogens is 324 g/mol. The number of non-ortho nitro benzene ring substituents is 1. The van der Waals surface area contributed by atoms with Gasteiger partial charge in [0.15, 0.2) is 11.5 Å². The van der Waals surface area contributed by atoms with E-state index in [0.29, 0.717) is 23.6 Å². The van der Waals surface area contributed by atoms with E-state index in [9.17, 15) is 14.9 Å². The van der Waals surface area contributed by atoms with Crippen molar-refractivity contribution < 1.29 is 19.2 Å². The molecule has 1 saturated carbocycles. The van der Waals surface area contributed by atoms with Gasteiger partial charge in [0.1, 0.15) is 0 Å². The molecule has 2 aromatic rings. The largest absolute Gasteiger partial charge is 0.454 e.